The molecule has 0 radical (unpaired) electrons. The molecular weight excluding hydrogens is 366 g/mol. The number of piperazine rings is 1. The first kappa shape index (κ1) is 19.2. The molecule has 0 aromatic heterocycles. The van der Waals surface area contributed by atoms with Crippen molar-refractivity contribution in [2.75, 3.05) is 45.2 Å². The summed E-state index contributed by atoms with van der Waals surface area (Å²) in [6.07, 6.45) is 0. The number of anilines is 1. The number of rotatable bonds is 5. The number of hydrogen-bond acceptors (Lipinski definition) is 3. The van der Waals surface area contributed by atoms with Gasteiger partial charge >= 0.3 is 0 Å². The van der Waals surface area contributed by atoms with Gasteiger partial charge in [-0.1, -0.05) is 23.7 Å². The second kappa shape index (κ2) is 8.88. The molecule has 0 atom stereocenters. The van der Waals surface area contributed by atoms with Crippen LogP contribution in [0.3, 0.4) is 0 Å². The first-order chi connectivity index (χ1) is 13.0. The van der Waals surface area contributed by atoms with E-state index >= 15 is 0 Å². The zero-order valence-corrected chi connectivity index (χ0v) is 16.0. The summed E-state index contributed by atoms with van der Waals surface area (Å²) in [7, 11) is 2.12. The Morgan fingerprint density at radius 1 is 1.11 bits per heavy atom. The number of amides is 2. The molecule has 0 saturated carbocycles. The minimum Gasteiger partial charge on any atom is -0.484 e. The molecule has 27 heavy (non-hydrogen) atoms. The highest BCUT2D eigenvalue weighted by atomic mass is 35.5. The number of nitrogens with zero attached hydrogens (tertiary/aromatic N) is 1. The molecule has 2 N–H and O–H groups in total. The lowest BCUT2D eigenvalue weighted by Crippen LogP contribution is -3.12. The van der Waals surface area contributed by atoms with Crippen LogP contribution in [-0.4, -0.2) is 56.5 Å². The molecule has 7 heteroatoms. The second-order valence-corrected chi connectivity index (χ2v) is 7.02. The van der Waals surface area contributed by atoms with Crippen molar-refractivity contribution >= 4 is 29.1 Å². The van der Waals surface area contributed by atoms with Gasteiger partial charge in [-0.15, -0.1) is 0 Å². The van der Waals surface area contributed by atoms with Gasteiger partial charge in [-0.05, 0) is 36.4 Å². The summed E-state index contributed by atoms with van der Waals surface area (Å²) in [6, 6.07) is 13.8. The van der Waals surface area contributed by atoms with Crippen LogP contribution in [0.4, 0.5) is 5.69 Å². The number of likely N-dealkylation sites (N-methyl/N-ethyl adjacent to an activating group) is 1. The van der Waals surface area contributed by atoms with Crippen molar-refractivity contribution in [3.05, 3.63) is 59.1 Å². The molecule has 0 spiro atoms. The maximum Gasteiger partial charge on any atom is 0.262 e. The van der Waals surface area contributed by atoms with Crippen molar-refractivity contribution in [3.8, 4) is 5.75 Å². The summed E-state index contributed by atoms with van der Waals surface area (Å²) in [5, 5.41) is 3.38. The van der Waals surface area contributed by atoms with Gasteiger partial charge in [-0.3, -0.25) is 9.59 Å². The average molecular weight is 389 g/mol. The number of ether oxygens (including phenoxy) is 1. The first-order valence-corrected chi connectivity index (χ1v) is 9.28. The Balaban J connectivity index is 1.62. The molecule has 142 valence electrons. The number of benzene rings is 2. The fourth-order valence-electron chi connectivity index (χ4n) is 2.91. The summed E-state index contributed by atoms with van der Waals surface area (Å²) >= 11 is 5.83. The van der Waals surface area contributed by atoms with Crippen molar-refractivity contribution in [1.82, 2.24) is 4.90 Å². The van der Waals surface area contributed by atoms with Crippen LogP contribution >= 0.6 is 11.6 Å². The number of carbonyl (C=O) groups is 2. The highest BCUT2D eigenvalue weighted by molar-refractivity contribution is 6.30. The number of halogens is 1. The van der Waals surface area contributed by atoms with Crippen LogP contribution in [0, 0.1) is 0 Å². The maximum atomic E-state index is 12.8. The van der Waals surface area contributed by atoms with Gasteiger partial charge < -0.3 is 19.9 Å². The summed E-state index contributed by atoms with van der Waals surface area (Å²) in [5.41, 5.74) is 0.996. The molecule has 0 unspecified atom stereocenters. The van der Waals surface area contributed by atoms with E-state index in [0.717, 1.165) is 13.1 Å². The molecular formula is C20H23ClN3O3+. The van der Waals surface area contributed by atoms with E-state index in [0.29, 0.717) is 35.1 Å². The van der Waals surface area contributed by atoms with Gasteiger partial charge in [0.05, 0.1) is 44.5 Å². The Hall–Kier alpha value is -2.57. The summed E-state index contributed by atoms with van der Waals surface area (Å²) in [4.78, 5) is 28.4. The van der Waals surface area contributed by atoms with E-state index in [1.165, 1.54) is 4.90 Å². The molecule has 3 rings (SSSR count). The number of quaternary nitrogens is 1. The van der Waals surface area contributed by atoms with Gasteiger partial charge in [-0.25, -0.2) is 0 Å². The van der Waals surface area contributed by atoms with Crippen LogP contribution in [0.15, 0.2) is 48.5 Å². The number of carbonyl (C=O) groups excluding carboxylic acids is 2. The van der Waals surface area contributed by atoms with E-state index < -0.39 is 0 Å². The minimum atomic E-state index is -0.326. The predicted octanol–water partition coefficient (Wildman–Crippen LogP) is 1.33. The third-order valence-electron chi connectivity index (χ3n) is 4.52. The van der Waals surface area contributed by atoms with Crippen LogP contribution in [0.1, 0.15) is 10.4 Å². The Morgan fingerprint density at radius 3 is 2.48 bits per heavy atom. The van der Waals surface area contributed by atoms with E-state index in [1.54, 1.807) is 48.5 Å². The molecule has 1 saturated heterocycles. The molecule has 1 aliphatic rings. The zero-order chi connectivity index (χ0) is 19.2. The molecule has 1 fully saturated rings. The lowest BCUT2D eigenvalue weighted by atomic mass is 10.1. The predicted molar refractivity (Wildman–Crippen MR) is 105 cm³/mol. The zero-order valence-electron chi connectivity index (χ0n) is 15.2. The second-order valence-electron chi connectivity index (χ2n) is 6.59. The third kappa shape index (κ3) is 5.21. The third-order valence-corrected chi connectivity index (χ3v) is 4.77. The Labute approximate surface area is 163 Å². The minimum absolute atomic E-state index is 0.0583. The van der Waals surface area contributed by atoms with Crippen LogP contribution < -0.4 is 15.0 Å². The summed E-state index contributed by atoms with van der Waals surface area (Å²) in [6.45, 7) is 3.13. The lowest BCUT2D eigenvalue weighted by molar-refractivity contribution is -0.883. The lowest BCUT2D eigenvalue weighted by Gasteiger charge is -2.30. The molecule has 6 nitrogen and oxygen atoms in total. The Morgan fingerprint density at radius 2 is 1.78 bits per heavy atom. The van der Waals surface area contributed by atoms with Gasteiger partial charge in [0.1, 0.15) is 5.75 Å². The van der Waals surface area contributed by atoms with Gasteiger partial charge in [0, 0.05) is 5.02 Å². The average Bonchev–Trinajstić information content (AvgIpc) is 2.68. The molecule has 0 bridgehead atoms. The van der Waals surface area contributed by atoms with E-state index in [4.69, 9.17) is 16.3 Å². The molecule has 2 aromatic rings. The highest BCUT2D eigenvalue weighted by Crippen LogP contribution is 2.18. The Kier molecular flexibility index (Phi) is 6.32. The molecule has 2 aromatic carbocycles. The fraction of sp³-hybridized carbons (Fsp3) is 0.300. The van der Waals surface area contributed by atoms with Crippen molar-refractivity contribution in [1.29, 1.82) is 0 Å². The Bertz CT molecular complexity index is 802. The van der Waals surface area contributed by atoms with Crippen molar-refractivity contribution in [3.63, 3.8) is 0 Å². The highest BCUT2D eigenvalue weighted by Gasteiger charge is 2.24. The number of hydrogen-bond donors (Lipinski definition) is 2. The quantitative estimate of drug-likeness (QED) is 0.812. The van der Waals surface area contributed by atoms with Gasteiger partial charge in [0.2, 0.25) is 0 Å². The number of para-hydroxylation sites is 1. The normalized spacial score (nSPS) is 14.7. The topological polar surface area (TPSA) is 63.1 Å². The van der Waals surface area contributed by atoms with Crippen molar-refractivity contribution in [2.45, 2.75) is 0 Å². The standard InChI is InChI=1S/C20H22ClN3O3/c1-23-10-12-24(13-11-23)20(26)17-4-2-3-5-18(17)22-19(25)14-27-16-8-6-15(21)7-9-16/h2-9H,10-14H2,1H3,(H,22,25)/p+1. The van der Waals surface area contributed by atoms with E-state index in [1.807, 2.05) is 4.90 Å². The SMILES string of the molecule is C[NH+]1CCN(C(=O)c2ccccc2NC(=O)COc2ccc(Cl)cc2)CC1. The monoisotopic (exact) mass is 388 g/mol. The fourth-order valence-corrected chi connectivity index (χ4v) is 3.03. The first-order valence-electron chi connectivity index (χ1n) is 8.91. The van der Waals surface area contributed by atoms with Crippen LogP contribution in [0.2, 0.25) is 5.02 Å². The van der Waals surface area contributed by atoms with Gasteiger partial charge in [0.25, 0.3) is 11.8 Å². The molecule has 0 aliphatic carbocycles. The molecule has 1 aliphatic heterocycles. The van der Waals surface area contributed by atoms with Crippen LogP contribution in [0.25, 0.3) is 0 Å². The van der Waals surface area contributed by atoms with Gasteiger partial charge in [-0.2, -0.15) is 0 Å². The summed E-state index contributed by atoms with van der Waals surface area (Å²) < 4.78 is 5.45. The van der Waals surface area contributed by atoms with E-state index in [2.05, 4.69) is 12.4 Å². The van der Waals surface area contributed by atoms with Crippen molar-refractivity contribution < 1.29 is 19.2 Å². The van der Waals surface area contributed by atoms with E-state index in [-0.39, 0.29) is 18.4 Å². The molecule has 1 heterocycles. The maximum absolute atomic E-state index is 12.8. The molecule has 2 amide bonds. The smallest absolute Gasteiger partial charge is 0.262 e. The largest absolute Gasteiger partial charge is 0.484 e. The summed E-state index contributed by atoms with van der Waals surface area (Å²) in [5.74, 6) is 0.170. The van der Waals surface area contributed by atoms with Crippen LogP contribution in [-0.2, 0) is 4.79 Å². The number of nitrogens with one attached hydrogen (secondary N) is 2. The van der Waals surface area contributed by atoms with Crippen molar-refractivity contribution in [2.24, 2.45) is 0 Å². The van der Waals surface area contributed by atoms with Crippen LogP contribution in [0.5, 0.6) is 5.75 Å². The van der Waals surface area contributed by atoms with Gasteiger partial charge in [0.15, 0.2) is 6.61 Å². The van der Waals surface area contributed by atoms with E-state index in [9.17, 15) is 9.59 Å².